The second-order valence-electron chi connectivity index (χ2n) is 6.75. The normalized spacial score (nSPS) is 10.9. The van der Waals surface area contributed by atoms with Crippen LogP contribution in [0.2, 0.25) is 0 Å². The average Bonchev–Trinajstić information content (AvgIpc) is 3.15. The highest BCUT2D eigenvalue weighted by Gasteiger charge is 2.12. The first-order valence-corrected chi connectivity index (χ1v) is 10.5. The van der Waals surface area contributed by atoms with Gasteiger partial charge in [0.25, 0.3) is 0 Å². The molecule has 2 heterocycles. The predicted octanol–water partition coefficient (Wildman–Crippen LogP) is 3.55. The highest BCUT2D eigenvalue weighted by Crippen LogP contribution is 2.25. The number of fused-ring (bicyclic) bond motifs is 1. The number of para-hydroxylation sites is 1. The Morgan fingerprint density at radius 1 is 1.03 bits per heavy atom. The van der Waals surface area contributed by atoms with Crippen LogP contribution in [0.4, 0.5) is 0 Å². The molecule has 31 heavy (non-hydrogen) atoms. The zero-order valence-electron chi connectivity index (χ0n) is 17.4. The highest BCUT2D eigenvalue weighted by molar-refractivity contribution is 7.98. The van der Waals surface area contributed by atoms with Gasteiger partial charge in [0, 0.05) is 29.9 Å². The number of methoxy groups -OCH3 is 2. The maximum absolute atomic E-state index is 12.5. The van der Waals surface area contributed by atoms with E-state index in [9.17, 15) is 4.79 Å². The minimum atomic E-state index is -0.0465. The molecule has 4 aromatic rings. The second kappa shape index (κ2) is 9.13. The van der Waals surface area contributed by atoms with Crippen LogP contribution in [-0.4, -0.2) is 34.0 Å². The van der Waals surface area contributed by atoms with E-state index in [-0.39, 0.29) is 5.43 Å². The molecular weight excluding hydrogens is 416 g/mol. The molecule has 1 N–H and O–H groups in total. The quantitative estimate of drug-likeness (QED) is 0.421. The molecule has 2 aromatic carbocycles. The Hall–Kier alpha value is -3.46. The molecule has 0 bridgehead atoms. The second-order valence-corrected chi connectivity index (χ2v) is 7.69. The van der Waals surface area contributed by atoms with E-state index in [1.807, 2.05) is 41.9 Å². The molecular formula is C22H22N4O4S. The summed E-state index contributed by atoms with van der Waals surface area (Å²) in [4.78, 5) is 15.8. The van der Waals surface area contributed by atoms with E-state index in [2.05, 4.69) is 15.2 Å². The van der Waals surface area contributed by atoms with Gasteiger partial charge in [0.05, 0.1) is 19.7 Å². The molecule has 0 amide bonds. The zero-order chi connectivity index (χ0) is 21.8. The van der Waals surface area contributed by atoms with Crippen LogP contribution in [0.25, 0.3) is 10.9 Å². The molecule has 8 nitrogen and oxygen atoms in total. The maximum Gasteiger partial charge on any atom is 0.191 e. The van der Waals surface area contributed by atoms with Crippen molar-refractivity contribution in [3.63, 3.8) is 0 Å². The molecule has 0 saturated heterocycles. The summed E-state index contributed by atoms with van der Waals surface area (Å²) in [6.45, 7) is 0.292. The van der Waals surface area contributed by atoms with Crippen molar-refractivity contribution < 1.29 is 14.2 Å². The van der Waals surface area contributed by atoms with Gasteiger partial charge in [0.2, 0.25) is 0 Å². The first-order valence-electron chi connectivity index (χ1n) is 9.56. The lowest BCUT2D eigenvalue weighted by atomic mass is 10.2. The molecule has 0 atom stereocenters. The number of rotatable bonds is 8. The van der Waals surface area contributed by atoms with Gasteiger partial charge in [-0.05, 0) is 36.4 Å². The van der Waals surface area contributed by atoms with Crippen LogP contribution < -0.4 is 19.6 Å². The Balaban J connectivity index is 1.44. The van der Waals surface area contributed by atoms with E-state index >= 15 is 0 Å². The fraction of sp³-hybridized carbons (Fsp3) is 0.227. The van der Waals surface area contributed by atoms with E-state index in [4.69, 9.17) is 14.2 Å². The topological polar surface area (TPSA) is 91.3 Å². The minimum absolute atomic E-state index is 0.0465. The van der Waals surface area contributed by atoms with E-state index < -0.39 is 0 Å². The van der Waals surface area contributed by atoms with Crippen molar-refractivity contribution >= 4 is 22.7 Å². The first kappa shape index (κ1) is 20.8. The van der Waals surface area contributed by atoms with Crippen LogP contribution in [0, 0.1) is 0 Å². The van der Waals surface area contributed by atoms with Gasteiger partial charge in [-0.3, -0.25) is 4.79 Å². The fourth-order valence-electron chi connectivity index (χ4n) is 3.10. The smallest absolute Gasteiger partial charge is 0.191 e. The summed E-state index contributed by atoms with van der Waals surface area (Å²) in [7, 11) is 5.10. The summed E-state index contributed by atoms with van der Waals surface area (Å²) >= 11 is 1.48. The summed E-state index contributed by atoms with van der Waals surface area (Å²) < 4.78 is 18.2. The van der Waals surface area contributed by atoms with Crippen molar-refractivity contribution in [1.29, 1.82) is 0 Å². The number of nitrogens with one attached hydrogen (secondary N) is 1. The largest absolute Gasteiger partial charge is 0.497 e. The third-order valence-electron chi connectivity index (χ3n) is 4.81. The number of benzene rings is 2. The Morgan fingerprint density at radius 2 is 1.81 bits per heavy atom. The van der Waals surface area contributed by atoms with Crippen molar-refractivity contribution in [3.8, 4) is 17.2 Å². The molecule has 0 fully saturated rings. The van der Waals surface area contributed by atoms with E-state index in [0.29, 0.717) is 34.8 Å². The lowest BCUT2D eigenvalue weighted by Gasteiger charge is -2.09. The van der Waals surface area contributed by atoms with Gasteiger partial charge in [0.15, 0.2) is 16.4 Å². The zero-order valence-corrected chi connectivity index (χ0v) is 18.2. The molecule has 0 saturated carbocycles. The van der Waals surface area contributed by atoms with Crippen LogP contribution in [0.5, 0.6) is 17.2 Å². The van der Waals surface area contributed by atoms with Gasteiger partial charge >= 0.3 is 0 Å². The molecule has 2 aromatic heterocycles. The first-order chi connectivity index (χ1) is 15.1. The van der Waals surface area contributed by atoms with Gasteiger partial charge in [-0.2, -0.15) is 0 Å². The van der Waals surface area contributed by atoms with Crippen molar-refractivity contribution in [2.45, 2.75) is 17.5 Å². The Morgan fingerprint density at radius 3 is 2.55 bits per heavy atom. The molecule has 0 spiro atoms. The molecule has 4 rings (SSSR count). The summed E-state index contributed by atoms with van der Waals surface area (Å²) in [6, 6.07) is 14.4. The van der Waals surface area contributed by atoms with Crippen molar-refractivity contribution in [2.24, 2.45) is 7.05 Å². The van der Waals surface area contributed by atoms with Gasteiger partial charge in [-0.1, -0.05) is 17.8 Å². The van der Waals surface area contributed by atoms with Crippen LogP contribution in [-0.2, 0) is 19.4 Å². The van der Waals surface area contributed by atoms with Gasteiger partial charge in [-0.25, -0.2) is 0 Å². The van der Waals surface area contributed by atoms with Crippen LogP contribution >= 0.6 is 11.8 Å². The standard InChI is InChI=1S/C22H22N4O4S/c1-26-20(12-30-16-9-7-15(28-2)8-10-16)24-25-22(26)31-13-14-11-18(27)17-5-4-6-19(29-3)21(17)23-14/h4-11H,12-13H2,1-3H3,(H,23,27). The Kier molecular flexibility index (Phi) is 6.13. The molecule has 160 valence electrons. The number of H-pyrrole nitrogens is 1. The number of nitrogens with zero attached hydrogens (tertiary/aromatic N) is 3. The number of hydrogen-bond donors (Lipinski definition) is 1. The molecule has 0 radical (unpaired) electrons. The Bertz CT molecular complexity index is 1250. The molecule has 0 aliphatic carbocycles. The lowest BCUT2D eigenvalue weighted by molar-refractivity contribution is 0.290. The fourth-order valence-corrected chi connectivity index (χ4v) is 3.94. The van der Waals surface area contributed by atoms with Crippen LogP contribution in [0.1, 0.15) is 11.5 Å². The monoisotopic (exact) mass is 438 g/mol. The van der Waals surface area contributed by atoms with Crippen LogP contribution in [0.15, 0.2) is 58.5 Å². The Labute approximate surface area is 183 Å². The average molecular weight is 439 g/mol. The summed E-state index contributed by atoms with van der Waals surface area (Å²) in [5.74, 6) is 3.37. The van der Waals surface area contributed by atoms with Gasteiger partial charge in [0.1, 0.15) is 23.9 Å². The number of aromatic nitrogens is 4. The predicted molar refractivity (Wildman–Crippen MR) is 119 cm³/mol. The summed E-state index contributed by atoms with van der Waals surface area (Å²) in [5, 5.41) is 9.80. The van der Waals surface area contributed by atoms with Crippen molar-refractivity contribution in [3.05, 3.63) is 70.3 Å². The van der Waals surface area contributed by atoms with Gasteiger partial charge < -0.3 is 23.8 Å². The molecule has 0 unspecified atom stereocenters. The van der Waals surface area contributed by atoms with E-state index in [1.54, 1.807) is 32.4 Å². The lowest BCUT2D eigenvalue weighted by Crippen LogP contribution is -2.06. The number of ether oxygens (including phenoxy) is 3. The summed E-state index contributed by atoms with van der Waals surface area (Å²) in [5.41, 5.74) is 1.43. The van der Waals surface area contributed by atoms with E-state index in [0.717, 1.165) is 22.3 Å². The third kappa shape index (κ3) is 4.51. The number of pyridine rings is 1. The number of thioether (sulfide) groups is 1. The number of hydrogen-bond acceptors (Lipinski definition) is 7. The SMILES string of the molecule is COc1ccc(OCc2nnc(SCc3cc(=O)c4cccc(OC)c4[nH]3)n2C)cc1. The van der Waals surface area contributed by atoms with E-state index in [1.165, 1.54) is 11.8 Å². The highest BCUT2D eigenvalue weighted by atomic mass is 32.2. The third-order valence-corrected chi connectivity index (χ3v) is 5.88. The van der Waals surface area contributed by atoms with Crippen molar-refractivity contribution in [1.82, 2.24) is 19.7 Å². The van der Waals surface area contributed by atoms with Crippen molar-refractivity contribution in [2.75, 3.05) is 14.2 Å². The number of aromatic amines is 1. The van der Waals surface area contributed by atoms with Gasteiger partial charge in [-0.15, -0.1) is 10.2 Å². The molecule has 9 heteroatoms. The van der Waals surface area contributed by atoms with Crippen LogP contribution in [0.3, 0.4) is 0 Å². The maximum atomic E-state index is 12.5. The molecule has 0 aliphatic heterocycles. The minimum Gasteiger partial charge on any atom is -0.497 e. The summed E-state index contributed by atoms with van der Waals surface area (Å²) in [6.07, 6.45) is 0. The molecule has 0 aliphatic rings.